The van der Waals surface area contributed by atoms with Gasteiger partial charge in [-0.3, -0.25) is 9.59 Å². The summed E-state index contributed by atoms with van der Waals surface area (Å²) in [7, 11) is 0. The van der Waals surface area contributed by atoms with E-state index in [1.54, 1.807) is 39.5 Å². The number of carbonyl (C=O) groups excluding carboxylic acids is 3. The molecule has 2 amide bonds. The Morgan fingerprint density at radius 3 is 2.38 bits per heavy atom. The summed E-state index contributed by atoms with van der Waals surface area (Å²) in [6.45, 7) is 9.46. The summed E-state index contributed by atoms with van der Waals surface area (Å²) in [4.78, 5) is 40.0. The summed E-state index contributed by atoms with van der Waals surface area (Å²) >= 11 is 0. The number of halogens is 1. The number of amides is 2. The number of ketones is 1. The van der Waals surface area contributed by atoms with Crippen LogP contribution < -0.4 is 0 Å². The molecule has 1 heterocycles. The van der Waals surface area contributed by atoms with Crippen molar-refractivity contribution < 1.29 is 23.5 Å². The Hall–Kier alpha value is -2.44. The molecule has 2 rings (SSSR count). The third kappa shape index (κ3) is 4.59. The molecule has 26 heavy (non-hydrogen) atoms. The van der Waals surface area contributed by atoms with E-state index in [9.17, 15) is 18.8 Å². The number of aryl methyl sites for hydroxylation is 1. The van der Waals surface area contributed by atoms with E-state index in [-0.39, 0.29) is 31.2 Å². The van der Waals surface area contributed by atoms with E-state index >= 15 is 0 Å². The number of hydrogen-bond donors (Lipinski definition) is 0. The second-order valence-corrected chi connectivity index (χ2v) is 7.57. The smallest absolute Gasteiger partial charge is 0.410 e. The number of carbonyl (C=O) groups is 3. The molecule has 0 unspecified atom stereocenters. The number of Topliss-reactive ketones (excluding diaryl/α,β-unsaturated/α-hetero) is 1. The van der Waals surface area contributed by atoms with Crippen LogP contribution in [0.1, 0.15) is 43.6 Å². The van der Waals surface area contributed by atoms with Crippen LogP contribution in [-0.2, 0) is 9.53 Å². The van der Waals surface area contributed by atoms with Crippen LogP contribution in [-0.4, -0.2) is 58.9 Å². The summed E-state index contributed by atoms with van der Waals surface area (Å²) < 4.78 is 19.0. The van der Waals surface area contributed by atoms with Crippen LogP contribution in [0.25, 0.3) is 0 Å². The lowest BCUT2D eigenvalue weighted by Crippen LogP contribution is -2.57. The third-order valence-corrected chi connectivity index (χ3v) is 4.17. The molecule has 142 valence electrons. The van der Waals surface area contributed by atoms with Crippen LogP contribution in [0.15, 0.2) is 18.2 Å². The average Bonchev–Trinajstić information content (AvgIpc) is 2.54. The lowest BCUT2D eigenvalue weighted by molar-refractivity contribution is -0.129. The zero-order valence-electron chi connectivity index (χ0n) is 15.8. The second kappa shape index (κ2) is 7.43. The van der Waals surface area contributed by atoms with E-state index in [1.807, 2.05) is 0 Å². The van der Waals surface area contributed by atoms with Gasteiger partial charge < -0.3 is 14.5 Å². The molecule has 1 aromatic carbocycles. The summed E-state index contributed by atoms with van der Waals surface area (Å²) in [5.74, 6) is -1.96. The first kappa shape index (κ1) is 19.9. The highest BCUT2D eigenvalue weighted by Crippen LogP contribution is 2.17. The standard InChI is InChI=1S/C19H25FN2O4/c1-12-6-7-14(10-15(12)20)16(23)17(24)21-8-9-22(13(2)11-21)18(25)26-19(3,4)5/h6-7,10,13H,8-9,11H2,1-5H3/t13-/m1/s1. The highest BCUT2D eigenvalue weighted by Gasteiger charge is 2.34. The van der Waals surface area contributed by atoms with Crippen molar-refractivity contribution in [3.63, 3.8) is 0 Å². The lowest BCUT2D eigenvalue weighted by Gasteiger charge is -2.39. The molecule has 0 N–H and O–H groups in total. The Morgan fingerprint density at radius 1 is 1.19 bits per heavy atom. The Balaban J connectivity index is 2.03. The Bertz CT molecular complexity index is 727. The highest BCUT2D eigenvalue weighted by molar-refractivity contribution is 6.42. The van der Waals surface area contributed by atoms with Crippen molar-refractivity contribution in [1.82, 2.24) is 9.80 Å². The van der Waals surface area contributed by atoms with Gasteiger partial charge in [0, 0.05) is 31.2 Å². The van der Waals surface area contributed by atoms with Gasteiger partial charge in [-0.15, -0.1) is 0 Å². The Morgan fingerprint density at radius 2 is 1.85 bits per heavy atom. The Kier molecular flexibility index (Phi) is 5.68. The van der Waals surface area contributed by atoms with Gasteiger partial charge in [-0.1, -0.05) is 12.1 Å². The number of hydrogen-bond acceptors (Lipinski definition) is 4. The van der Waals surface area contributed by atoms with Crippen LogP contribution >= 0.6 is 0 Å². The first-order chi connectivity index (χ1) is 12.0. The fraction of sp³-hybridized carbons (Fsp3) is 0.526. The zero-order valence-corrected chi connectivity index (χ0v) is 15.8. The number of ether oxygens (including phenoxy) is 1. The average molecular weight is 364 g/mol. The van der Waals surface area contributed by atoms with Crippen LogP contribution in [0.2, 0.25) is 0 Å². The van der Waals surface area contributed by atoms with Gasteiger partial charge >= 0.3 is 6.09 Å². The van der Waals surface area contributed by atoms with Crippen molar-refractivity contribution in [2.24, 2.45) is 0 Å². The predicted octanol–water partition coefficient (Wildman–Crippen LogP) is 2.78. The number of rotatable bonds is 2. The molecule has 0 spiro atoms. The van der Waals surface area contributed by atoms with Crippen LogP contribution in [0.5, 0.6) is 0 Å². The van der Waals surface area contributed by atoms with E-state index in [2.05, 4.69) is 0 Å². The minimum Gasteiger partial charge on any atom is -0.444 e. The quantitative estimate of drug-likeness (QED) is 0.598. The van der Waals surface area contributed by atoms with Crippen molar-refractivity contribution in [2.45, 2.75) is 46.3 Å². The molecule has 0 bridgehead atoms. The van der Waals surface area contributed by atoms with Gasteiger partial charge in [-0.2, -0.15) is 0 Å². The number of benzene rings is 1. The minimum atomic E-state index is -0.748. The van der Waals surface area contributed by atoms with Gasteiger partial charge in [-0.25, -0.2) is 9.18 Å². The first-order valence-corrected chi connectivity index (χ1v) is 8.59. The van der Waals surface area contributed by atoms with Gasteiger partial charge in [-0.05, 0) is 46.2 Å². The summed E-state index contributed by atoms with van der Waals surface area (Å²) in [5.41, 5.74) is -0.163. The molecule has 0 aromatic heterocycles. The third-order valence-electron chi connectivity index (χ3n) is 4.17. The van der Waals surface area contributed by atoms with Crippen molar-refractivity contribution in [3.8, 4) is 0 Å². The summed E-state index contributed by atoms with van der Waals surface area (Å²) in [6, 6.07) is 3.71. The van der Waals surface area contributed by atoms with Crippen molar-refractivity contribution in [3.05, 3.63) is 35.1 Å². The molecule has 7 heteroatoms. The van der Waals surface area contributed by atoms with Gasteiger partial charge in [0.15, 0.2) is 0 Å². The van der Waals surface area contributed by atoms with E-state index in [4.69, 9.17) is 4.74 Å². The SMILES string of the molecule is Cc1ccc(C(=O)C(=O)N2CCN(C(=O)OC(C)(C)C)[C@H](C)C2)cc1F. The van der Waals surface area contributed by atoms with Gasteiger partial charge in [0.05, 0.1) is 0 Å². The van der Waals surface area contributed by atoms with Gasteiger partial charge in [0.2, 0.25) is 5.78 Å². The second-order valence-electron chi connectivity index (χ2n) is 7.57. The molecule has 1 fully saturated rings. The largest absolute Gasteiger partial charge is 0.444 e. The first-order valence-electron chi connectivity index (χ1n) is 8.59. The molecule has 0 saturated carbocycles. The number of nitrogens with zero attached hydrogens (tertiary/aromatic N) is 2. The molecular formula is C19H25FN2O4. The zero-order chi connectivity index (χ0) is 19.6. The molecule has 0 radical (unpaired) electrons. The maximum atomic E-state index is 13.6. The van der Waals surface area contributed by atoms with Crippen LogP contribution in [0, 0.1) is 12.7 Å². The fourth-order valence-corrected chi connectivity index (χ4v) is 2.74. The minimum absolute atomic E-state index is 0.0281. The Labute approximate surface area is 152 Å². The lowest BCUT2D eigenvalue weighted by atomic mass is 10.1. The van der Waals surface area contributed by atoms with E-state index in [0.29, 0.717) is 5.56 Å². The molecular weight excluding hydrogens is 339 g/mol. The molecule has 1 saturated heterocycles. The molecule has 1 aromatic rings. The monoisotopic (exact) mass is 364 g/mol. The molecule has 1 atom stereocenters. The molecule has 0 aliphatic carbocycles. The van der Waals surface area contributed by atoms with Crippen LogP contribution in [0.4, 0.5) is 9.18 Å². The fourth-order valence-electron chi connectivity index (χ4n) is 2.74. The topological polar surface area (TPSA) is 66.9 Å². The highest BCUT2D eigenvalue weighted by atomic mass is 19.1. The van der Waals surface area contributed by atoms with Gasteiger partial charge in [0.25, 0.3) is 5.91 Å². The van der Waals surface area contributed by atoms with Crippen molar-refractivity contribution in [1.29, 1.82) is 0 Å². The number of piperazine rings is 1. The van der Waals surface area contributed by atoms with Crippen LogP contribution in [0.3, 0.4) is 0 Å². The molecule has 1 aliphatic rings. The van der Waals surface area contributed by atoms with E-state index < -0.39 is 29.2 Å². The summed E-state index contributed by atoms with van der Waals surface area (Å²) in [6.07, 6.45) is -0.441. The van der Waals surface area contributed by atoms with E-state index in [0.717, 1.165) is 6.07 Å². The maximum absolute atomic E-state index is 13.6. The van der Waals surface area contributed by atoms with Gasteiger partial charge in [0.1, 0.15) is 11.4 Å². The summed E-state index contributed by atoms with van der Waals surface area (Å²) in [5, 5.41) is 0. The molecule has 6 nitrogen and oxygen atoms in total. The van der Waals surface area contributed by atoms with Crippen molar-refractivity contribution >= 4 is 17.8 Å². The van der Waals surface area contributed by atoms with E-state index in [1.165, 1.54) is 17.0 Å². The van der Waals surface area contributed by atoms with Crippen molar-refractivity contribution in [2.75, 3.05) is 19.6 Å². The predicted molar refractivity (Wildman–Crippen MR) is 94.4 cm³/mol. The maximum Gasteiger partial charge on any atom is 0.410 e. The molecule has 1 aliphatic heterocycles. The normalized spacial score (nSPS) is 17.8.